The van der Waals surface area contributed by atoms with Crippen LogP contribution < -0.4 is 20.9 Å². The highest BCUT2D eigenvalue weighted by molar-refractivity contribution is 7.13. The molecule has 1 aliphatic heterocycles. The number of rotatable bonds is 12. The van der Waals surface area contributed by atoms with E-state index in [1.165, 1.54) is 22.5 Å². The molecule has 0 unspecified atom stereocenters. The van der Waals surface area contributed by atoms with E-state index in [-0.39, 0.29) is 43.2 Å². The molecule has 0 spiro atoms. The zero-order valence-corrected chi connectivity index (χ0v) is 25.5. The third-order valence-electron chi connectivity index (χ3n) is 6.90. The molecule has 0 atom stereocenters. The second-order valence-corrected chi connectivity index (χ2v) is 10.5. The maximum absolute atomic E-state index is 13.6. The van der Waals surface area contributed by atoms with Gasteiger partial charge in [0.25, 0.3) is 11.8 Å². The molecular weight excluding hydrogens is 562 g/mol. The van der Waals surface area contributed by atoms with Gasteiger partial charge < -0.3 is 20.9 Å². The number of amides is 3. The summed E-state index contributed by atoms with van der Waals surface area (Å²) >= 11 is 1.37. The lowest BCUT2D eigenvalue weighted by Gasteiger charge is -2.32. The van der Waals surface area contributed by atoms with E-state index in [2.05, 4.69) is 33.1 Å². The number of aryl methyl sites for hydroxylation is 1. The van der Waals surface area contributed by atoms with Crippen molar-refractivity contribution < 1.29 is 14.4 Å². The van der Waals surface area contributed by atoms with Gasteiger partial charge in [0.15, 0.2) is 0 Å². The summed E-state index contributed by atoms with van der Waals surface area (Å²) in [6, 6.07) is 14.0. The lowest BCUT2D eigenvalue weighted by molar-refractivity contribution is -0.145. The van der Waals surface area contributed by atoms with Crippen molar-refractivity contribution in [1.82, 2.24) is 31.0 Å². The highest BCUT2D eigenvalue weighted by Crippen LogP contribution is 2.30. The number of hydrogen-bond acceptors (Lipinski definition) is 8. The van der Waals surface area contributed by atoms with Crippen molar-refractivity contribution >= 4 is 47.2 Å². The van der Waals surface area contributed by atoms with E-state index in [4.69, 9.17) is 0 Å². The summed E-state index contributed by atoms with van der Waals surface area (Å²) in [6.45, 7) is 7.34. The first-order valence-corrected chi connectivity index (χ1v) is 14.3. The van der Waals surface area contributed by atoms with Gasteiger partial charge in [0, 0.05) is 56.9 Å². The second-order valence-electron chi connectivity index (χ2n) is 9.69. The molecule has 0 radical (unpaired) electrons. The number of nitrogens with zero attached hydrogens (tertiary/aromatic N) is 4. The Morgan fingerprint density at radius 1 is 1.05 bits per heavy atom. The summed E-state index contributed by atoms with van der Waals surface area (Å²) < 4.78 is 0. The number of nitrogens with one attached hydrogen (secondary N) is 3. The largest absolute Gasteiger partial charge is 0.354 e. The van der Waals surface area contributed by atoms with Crippen LogP contribution in [0.5, 0.6) is 0 Å². The summed E-state index contributed by atoms with van der Waals surface area (Å²) in [4.78, 5) is 44.9. The van der Waals surface area contributed by atoms with E-state index in [1.807, 2.05) is 54.1 Å². The van der Waals surface area contributed by atoms with Crippen LogP contribution in [0.3, 0.4) is 0 Å². The van der Waals surface area contributed by atoms with E-state index < -0.39 is 0 Å². The predicted molar refractivity (Wildman–Crippen MR) is 165 cm³/mol. The van der Waals surface area contributed by atoms with Crippen LogP contribution in [-0.4, -0.2) is 79.5 Å². The minimum absolute atomic E-state index is 0. The van der Waals surface area contributed by atoms with Gasteiger partial charge in [-0.25, -0.2) is 9.99 Å². The van der Waals surface area contributed by atoms with Crippen molar-refractivity contribution in [3.8, 4) is 10.6 Å². The number of thiazole rings is 1. The lowest BCUT2D eigenvalue weighted by Crippen LogP contribution is -2.48. The van der Waals surface area contributed by atoms with E-state index in [1.54, 1.807) is 24.5 Å². The van der Waals surface area contributed by atoms with Crippen molar-refractivity contribution in [3.05, 3.63) is 70.2 Å². The molecule has 0 saturated carbocycles. The minimum atomic E-state index is -0.247. The van der Waals surface area contributed by atoms with Gasteiger partial charge >= 0.3 is 0 Å². The van der Waals surface area contributed by atoms with Crippen LogP contribution in [0.4, 0.5) is 5.69 Å². The summed E-state index contributed by atoms with van der Waals surface area (Å²) in [5.41, 5.74) is 5.28. The molecule has 0 aliphatic carbocycles. The number of halogens is 1. The summed E-state index contributed by atoms with van der Waals surface area (Å²) in [5.74, 6) is -0.527. The first-order valence-electron chi connectivity index (χ1n) is 13.4. The van der Waals surface area contributed by atoms with Gasteiger partial charge in [0.05, 0.1) is 13.1 Å². The Labute approximate surface area is 251 Å². The van der Waals surface area contributed by atoms with E-state index in [0.717, 1.165) is 23.4 Å². The summed E-state index contributed by atoms with van der Waals surface area (Å²) in [7, 11) is 3.35. The van der Waals surface area contributed by atoms with Gasteiger partial charge in [-0.3, -0.25) is 19.4 Å². The molecule has 1 aliphatic rings. The predicted octanol–water partition coefficient (Wildman–Crippen LogP) is 2.82. The van der Waals surface area contributed by atoms with Crippen LogP contribution in [0.2, 0.25) is 0 Å². The maximum atomic E-state index is 13.6. The molecule has 10 nitrogen and oxygen atoms in total. The number of aromatic nitrogens is 1. The fourth-order valence-electron chi connectivity index (χ4n) is 4.60. The fourth-order valence-corrected chi connectivity index (χ4v) is 5.39. The number of carbonyl (C=O) groups excluding carboxylic acids is 3. The highest BCUT2D eigenvalue weighted by Gasteiger charge is 2.27. The molecule has 0 fully saturated rings. The van der Waals surface area contributed by atoms with Crippen molar-refractivity contribution in [2.24, 2.45) is 0 Å². The third kappa shape index (κ3) is 8.04. The van der Waals surface area contributed by atoms with Gasteiger partial charge in [-0.15, -0.1) is 23.7 Å². The van der Waals surface area contributed by atoms with Crippen LogP contribution in [0.15, 0.2) is 47.8 Å². The quantitative estimate of drug-likeness (QED) is 0.275. The fraction of sp³-hybridized carbons (Fsp3) is 0.379. The number of hydrogen-bond donors (Lipinski definition) is 3. The number of hydrazine groups is 1. The first-order chi connectivity index (χ1) is 19.3. The molecule has 0 bridgehead atoms. The summed E-state index contributed by atoms with van der Waals surface area (Å²) in [6.07, 6.45) is 0. The average Bonchev–Trinajstić information content (AvgIpc) is 3.62. The maximum Gasteiger partial charge on any atom is 0.270 e. The van der Waals surface area contributed by atoms with Crippen molar-refractivity contribution in [2.45, 2.75) is 26.9 Å². The number of carbonyl (C=O) groups is 3. The molecule has 12 heteroatoms. The van der Waals surface area contributed by atoms with Gasteiger partial charge in [-0.05, 0) is 36.2 Å². The first kappa shape index (κ1) is 32.0. The van der Waals surface area contributed by atoms with Crippen LogP contribution in [0, 0.1) is 6.92 Å². The normalized spacial score (nSPS) is 12.3. The Hall–Kier alpha value is -3.51. The van der Waals surface area contributed by atoms with Crippen LogP contribution >= 0.6 is 23.7 Å². The molecule has 220 valence electrons. The number of likely N-dealkylation sites (N-methyl/N-ethyl adjacent to an activating group) is 2. The SMILES string of the molecule is CCNCCNC(=O)CN(CC(=O)N(C)N1Cc2ccccc2C1)c1cc(-c2nc(C(=O)NC)cs2)ccc1C.Cl. The second kappa shape index (κ2) is 14.9. The number of benzene rings is 2. The van der Waals surface area contributed by atoms with E-state index in [9.17, 15) is 14.4 Å². The lowest BCUT2D eigenvalue weighted by atomic mass is 10.1. The molecule has 0 saturated heterocycles. The van der Waals surface area contributed by atoms with Crippen LogP contribution in [0.1, 0.15) is 34.1 Å². The minimum Gasteiger partial charge on any atom is -0.354 e. The zero-order chi connectivity index (χ0) is 28.6. The topological polar surface area (TPSA) is 110 Å². The van der Waals surface area contributed by atoms with Crippen LogP contribution in [-0.2, 0) is 22.7 Å². The van der Waals surface area contributed by atoms with Crippen molar-refractivity contribution in [1.29, 1.82) is 0 Å². The van der Waals surface area contributed by atoms with Crippen molar-refractivity contribution in [3.63, 3.8) is 0 Å². The molecule has 2 aromatic carbocycles. The Morgan fingerprint density at radius 2 is 1.76 bits per heavy atom. The highest BCUT2D eigenvalue weighted by atomic mass is 35.5. The third-order valence-corrected chi connectivity index (χ3v) is 7.80. The number of fused-ring (bicyclic) bond motifs is 1. The van der Waals surface area contributed by atoms with Gasteiger partial charge in [-0.2, -0.15) is 0 Å². The Balaban J connectivity index is 0.00000462. The molecule has 4 rings (SSSR count). The van der Waals surface area contributed by atoms with E-state index in [0.29, 0.717) is 36.9 Å². The smallest absolute Gasteiger partial charge is 0.270 e. The monoisotopic (exact) mass is 599 g/mol. The molecule has 3 N–H and O–H groups in total. The molecule has 3 amide bonds. The number of anilines is 1. The van der Waals surface area contributed by atoms with Gasteiger partial charge in [0.1, 0.15) is 10.7 Å². The van der Waals surface area contributed by atoms with E-state index >= 15 is 0 Å². The molecule has 2 heterocycles. The van der Waals surface area contributed by atoms with Gasteiger partial charge in [-0.1, -0.05) is 43.3 Å². The zero-order valence-electron chi connectivity index (χ0n) is 23.9. The Kier molecular flexibility index (Phi) is 11.7. The van der Waals surface area contributed by atoms with Crippen molar-refractivity contribution in [2.75, 3.05) is 51.7 Å². The van der Waals surface area contributed by atoms with Crippen LogP contribution in [0.25, 0.3) is 10.6 Å². The molecule has 1 aromatic heterocycles. The Bertz CT molecular complexity index is 1340. The molecular formula is C29H38ClN7O3S. The standard InChI is InChI=1S/C29H37N7O3S.ClH/c1-5-31-12-13-32-26(37)17-35(18-27(38)34(4)36-15-22-8-6-7-9-23(22)16-36)25-14-21(11-10-20(25)2)29-33-24(19-40-29)28(39)30-3;/h6-11,14,19,31H,5,12-13,15-18H2,1-4H3,(H,30,39)(H,32,37);1H. The summed E-state index contributed by atoms with van der Waals surface area (Å²) in [5, 5.41) is 14.8. The molecule has 41 heavy (non-hydrogen) atoms. The Morgan fingerprint density at radius 3 is 2.41 bits per heavy atom. The molecule has 3 aromatic rings. The average molecular weight is 600 g/mol. The van der Waals surface area contributed by atoms with Gasteiger partial charge in [0.2, 0.25) is 5.91 Å².